The molecule has 0 saturated heterocycles. The van der Waals surface area contributed by atoms with E-state index in [2.05, 4.69) is 20.2 Å². The van der Waals surface area contributed by atoms with E-state index in [1.807, 2.05) is 26.2 Å². The van der Waals surface area contributed by atoms with Crippen molar-refractivity contribution < 1.29 is 4.74 Å². The summed E-state index contributed by atoms with van der Waals surface area (Å²) in [4.78, 5) is 10.6. The first-order valence-electron chi connectivity index (χ1n) is 6.92. The summed E-state index contributed by atoms with van der Waals surface area (Å²) in [7, 11) is 4.02. The highest BCUT2D eigenvalue weighted by Gasteiger charge is 2.21. The lowest BCUT2D eigenvalue weighted by Gasteiger charge is -2.10. The van der Waals surface area contributed by atoms with Crippen molar-refractivity contribution in [1.82, 2.24) is 15.2 Å². The van der Waals surface area contributed by atoms with Gasteiger partial charge in [-0.3, -0.25) is 0 Å². The smallest absolute Gasteiger partial charge is 0.213 e. The molecule has 118 valence electrons. The average molecular weight is 405 g/mol. The van der Waals surface area contributed by atoms with Gasteiger partial charge in [0.05, 0.1) is 6.54 Å². The fourth-order valence-electron chi connectivity index (χ4n) is 1.62. The molecule has 1 aromatic heterocycles. The van der Waals surface area contributed by atoms with Gasteiger partial charge in [-0.05, 0) is 38.6 Å². The van der Waals surface area contributed by atoms with Crippen LogP contribution in [0.3, 0.4) is 0 Å². The highest BCUT2D eigenvalue weighted by Crippen LogP contribution is 2.18. The van der Waals surface area contributed by atoms with Gasteiger partial charge in [0, 0.05) is 24.8 Å². The largest absolute Gasteiger partial charge is 0.476 e. The Kier molecular flexibility index (Phi) is 7.73. The van der Waals surface area contributed by atoms with Crippen molar-refractivity contribution in [2.24, 2.45) is 10.7 Å². The Morgan fingerprint density at radius 2 is 2.29 bits per heavy atom. The summed E-state index contributed by atoms with van der Waals surface area (Å²) in [6.45, 7) is 2.03. The van der Waals surface area contributed by atoms with Crippen molar-refractivity contribution in [3.05, 3.63) is 23.9 Å². The third kappa shape index (κ3) is 7.47. The van der Waals surface area contributed by atoms with Crippen molar-refractivity contribution in [2.75, 3.05) is 27.2 Å². The van der Waals surface area contributed by atoms with E-state index in [4.69, 9.17) is 10.5 Å². The van der Waals surface area contributed by atoms with Crippen LogP contribution in [0.5, 0.6) is 5.88 Å². The van der Waals surface area contributed by atoms with Crippen LogP contribution in [-0.2, 0) is 6.54 Å². The number of hydrogen-bond donors (Lipinski definition) is 2. The quantitative estimate of drug-likeness (QED) is 0.405. The molecule has 0 spiro atoms. The molecule has 0 aromatic carbocycles. The van der Waals surface area contributed by atoms with Gasteiger partial charge in [0.2, 0.25) is 5.88 Å². The molecule has 1 heterocycles. The van der Waals surface area contributed by atoms with Gasteiger partial charge in [-0.2, -0.15) is 0 Å². The maximum absolute atomic E-state index is 5.80. The summed E-state index contributed by atoms with van der Waals surface area (Å²) in [5.74, 6) is 1.15. The molecule has 1 aliphatic rings. The number of halogens is 1. The fraction of sp³-hybridized carbons (Fsp3) is 0.571. The van der Waals surface area contributed by atoms with Crippen molar-refractivity contribution >= 4 is 29.9 Å². The molecule has 1 aliphatic carbocycles. The van der Waals surface area contributed by atoms with Gasteiger partial charge in [0.25, 0.3) is 0 Å². The van der Waals surface area contributed by atoms with E-state index in [-0.39, 0.29) is 24.0 Å². The van der Waals surface area contributed by atoms with Crippen LogP contribution < -0.4 is 15.8 Å². The first kappa shape index (κ1) is 18.0. The number of nitrogens with zero attached hydrogens (tertiary/aromatic N) is 3. The maximum Gasteiger partial charge on any atom is 0.213 e. The molecule has 6 nitrogen and oxygen atoms in total. The zero-order valence-corrected chi connectivity index (χ0v) is 14.9. The van der Waals surface area contributed by atoms with Gasteiger partial charge < -0.3 is 20.7 Å². The SMILES string of the molecule is CN(C)CCOc1cc(CN=C(N)NC2CC2)ccn1.I. The minimum atomic E-state index is 0. The topological polar surface area (TPSA) is 75.8 Å². The van der Waals surface area contributed by atoms with Crippen LogP contribution in [0.15, 0.2) is 23.3 Å². The zero-order chi connectivity index (χ0) is 14.4. The Balaban J connectivity index is 0.00000220. The molecule has 0 unspecified atom stereocenters. The van der Waals surface area contributed by atoms with Gasteiger partial charge >= 0.3 is 0 Å². The Hall–Kier alpha value is -1.09. The molecule has 2 rings (SSSR count). The van der Waals surface area contributed by atoms with Gasteiger partial charge in [0.15, 0.2) is 5.96 Å². The second-order valence-corrected chi connectivity index (χ2v) is 5.27. The van der Waals surface area contributed by atoms with Crippen molar-refractivity contribution in [2.45, 2.75) is 25.4 Å². The summed E-state index contributed by atoms with van der Waals surface area (Å²) in [5.41, 5.74) is 6.84. The lowest BCUT2D eigenvalue weighted by atomic mass is 10.3. The standard InChI is InChI=1S/C14H23N5O.HI/c1-19(2)7-8-20-13-9-11(5-6-16-13)10-17-14(15)18-12-3-4-12;/h5-6,9,12H,3-4,7-8,10H2,1-2H3,(H3,15,17,18);1H. The van der Waals surface area contributed by atoms with E-state index < -0.39 is 0 Å². The molecular formula is C14H24IN5O. The first-order chi connectivity index (χ1) is 9.63. The number of pyridine rings is 1. The molecule has 0 atom stereocenters. The number of nitrogens with two attached hydrogens (primary N) is 1. The van der Waals surface area contributed by atoms with E-state index in [1.165, 1.54) is 12.8 Å². The average Bonchev–Trinajstić information content (AvgIpc) is 3.20. The van der Waals surface area contributed by atoms with E-state index in [0.29, 0.717) is 31.0 Å². The minimum Gasteiger partial charge on any atom is -0.476 e. The fourth-order valence-corrected chi connectivity index (χ4v) is 1.62. The number of rotatable bonds is 7. The van der Waals surface area contributed by atoms with Crippen LogP contribution in [0.2, 0.25) is 0 Å². The number of nitrogens with one attached hydrogen (secondary N) is 1. The predicted octanol–water partition coefficient (Wildman–Crippen LogP) is 1.21. The molecule has 21 heavy (non-hydrogen) atoms. The Bertz CT molecular complexity index is 462. The molecule has 0 amide bonds. The molecule has 0 radical (unpaired) electrons. The van der Waals surface area contributed by atoms with Crippen molar-refractivity contribution in [3.8, 4) is 5.88 Å². The lowest BCUT2D eigenvalue weighted by molar-refractivity contribution is 0.253. The summed E-state index contributed by atoms with van der Waals surface area (Å²) in [6, 6.07) is 4.36. The normalized spacial score (nSPS) is 14.7. The number of guanidine groups is 1. The van der Waals surface area contributed by atoms with E-state index in [0.717, 1.165) is 12.1 Å². The van der Waals surface area contributed by atoms with E-state index >= 15 is 0 Å². The number of ether oxygens (including phenoxy) is 1. The molecule has 0 aliphatic heterocycles. The molecule has 1 fully saturated rings. The second-order valence-electron chi connectivity index (χ2n) is 5.27. The lowest BCUT2D eigenvalue weighted by Crippen LogP contribution is -2.33. The third-order valence-corrected chi connectivity index (χ3v) is 2.95. The van der Waals surface area contributed by atoms with Crippen LogP contribution in [0.4, 0.5) is 0 Å². The first-order valence-corrected chi connectivity index (χ1v) is 6.92. The molecular weight excluding hydrogens is 381 g/mol. The molecule has 7 heteroatoms. The molecule has 1 saturated carbocycles. The van der Waals surface area contributed by atoms with E-state index in [9.17, 15) is 0 Å². The molecule has 3 N–H and O–H groups in total. The predicted molar refractivity (Wildman–Crippen MR) is 95.2 cm³/mol. The van der Waals surface area contributed by atoms with Crippen molar-refractivity contribution in [1.29, 1.82) is 0 Å². The highest BCUT2D eigenvalue weighted by molar-refractivity contribution is 14.0. The summed E-state index contributed by atoms with van der Waals surface area (Å²) in [5, 5.41) is 3.16. The van der Waals surface area contributed by atoms with Crippen LogP contribution in [-0.4, -0.2) is 49.1 Å². The van der Waals surface area contributed by atoms with Gasteiger partial charge in [-0.15, -0.1) is 24.0 Å². The van der Waals surface area contributed by atoms with Crippen LogP contribution >= 0.6 is 24.0 Å². The highest BCUT2D eigenvalue weighted by atomic mass is 127. The minimum absolute atomic E-state index is 0. The summed E-state index contributed by atoms with van der Waals surface area (Å²) >= 11 is 0. The Morgan fingerprint density at radius 1 is 1.52 bits per heavy atom. The maximum atomic E-state index is 5.80. The van der Waals surface area contributed by atoms with Crippen molar-refractivity contribution in [3.63, 3.8) is 0 Å². The number of hydrogen-bond acceptors (Lipinski definition) is 4. The second kappa shape index (κ2) is 9.04. The molecule has 1 aromatic rings. The Labute approximate surface area is 143 Å². The number of aliphatic imine (C=N–C) groups is 1. The molecule has 0 bridgehead atoms. The number of aromatic nitrogens is 1. The van der Waals surface area contributed by atoms with Gasteiger partial charge in [-0.1, -0.05) is 0 Å². The van der Waals surface area contributed by atoms with Gasteiger partial charge in [-0.25, -0.2) is 9.98 Å². The summed E-state index contributed by atoms with van der Waals surface area (Å²) in [6.07, 6.45) is 4.12. The monoisotopic (exact) mass is 405 g/mol. The third-order valence-electron chi connectivity index (χ3n) is 2.95. The zero-order valence-electron chi connectivity index (χ0n) is 12.6. The summed E-state index contributed by atoms with van der Waals surface area (Å²) < 4.78 is 5.59. The van der Waals surface area contributed by atoms with Crippen LogP contribution in [0.25, 0.3) is 0 Å². The number of likely N-dealkylation sites (N-methyl/N-ethyl adjacent to an activating group) is 1. The van der Waals surface area contributed by atoms with Gasteiger partial charge in [0.1, 0.15) is 6.61 Å². The Morgan fingerprint density at radius 3 is 2.95 bits per heavy atom. The van der Waals surface area contributed by atoms with Crippen LogP contribution in [0, 0.1) is 0 Å². The van der Waals surface area contributed by atoms with E-state index in [1.54, 1.807) is 6.20 Å². The van der Waals surface area contributed by atoms with Crippen LogP contribution in [0.1, 0.15) is 18.4 Å².